The van der Waals surface area contributed by atoms with Crippen molar-refractivity contribution < 1.29 is 9.53 Å². The number of nitrogens with one attached hydrogen (secondary N) is 1. The van der Waals surface area contributed by atoms with E-state index in [1.807, 2.05) is 20.8 Å². The van der Waals surface area contributed by atoms with Crippen molar-refractivity contribution in [3.63, 3.8) is 0 Å². The molecule has 14 heavy (non-hydrogen) atoms. The van der Waals surface area contributed by atoms with Crippen molar-refractivity contribution in [2.75, 3.05) is 13.1 Å². The molecule has 0 bridgehead atoms. The second-order valence-electron chi connectivity index (χ2n) is 4.01. The third-order valence-corrected chi connectivity index (χ3v) is 1.91. The highest BCUT2D eigenvalue weighted by Crippen LogP contribution is 2.10. The molecule has 4 nitrogen and oxygen atoms in total. The minimum Gasteiger partial charge on any atom is -0.362 e. The van der Waals surface area contributed by atoms with E-state index < -0.39 is 11.7 Å². The van der Waals surface area contributed by atoms with Crippen molar-refractivity contribution in [3.8, 4) is 0 Å². The first-order valence-corrected chi connectivity index (χ1v) is 5.08. The number of rotatable bonds is 6. The minimum atomic E-state index is -0.444. The van der Waals surface area contributed by atoms with Gasteiger partial charge in [0.2, 0.25) is 5.91 Å². The molecule has 0 radical (unpaired) electrons. The van der Waals surface area contributed by atoms with Gasteiger partial charge in [0.25, 0.3) is 0 Å². The summed E-state index contributed by atoms with van der Waals surface area (Å²) in [6, 6.07) is 0. The van der Waals surface area contributed by atoms with Crippen LogP contribution in [0.5, 0.6) is 0 Å². The summed E-state index contributed by atoms with van der Waals surface area (Å²) < 4.78 is 5.51. The molecule has 1 amide bonds. The highest BCUT2D eigenvalue weighted by Gasteiger charge is 2.23. The van der Waals surface area contributed by atoms with Gasteiger partial charge in [-0.2, -0.15) is 0 Å². The van der Waals surface area contributed by atoms with Crippen molar-refractivity contribution in [3.05, 3.63) is 0 Å². The fraction of sp³-hybridized carbons (Fsp3) is 0.900. The van der Waals surface area contributed by atoms with Crippen LogP contribution in [0.3, 0.4) is 0 Å². The molecule has 3 N–H and O–H groups in total. The largest absolute Gasteiger partial charge is 0.362 e. The molecule has 0 saturated heterocycles. The van der Waals surface area contributed by atoms with Crippen LogP contribution in [0, 0.1) is 0 Å². The molecule has 0 aliphatic rings. The molecule has 4 heteroatoms. The van der Waals surface area contributed by atoms with Gasteiger partial charge in [-0.15, -0.1) is 0 Å². The van der Waals surface area contributed by atoms with Crippen molar-refractivity contribution in [2.24, 2.45) is 5.73 Å². The van der Waals surface area contributed by atoms with Crippen LogP contribution in [-0.4, -0.2) is 30.7 Å². The summed E-state index contributed by atoms with van der Waals surface area (Å²) in [6.45, 7) is 8.58. The lowest BCUT2D eigenvalue weighted by Gasteiger charge is -2.27. The first-order chi connectivity index (χ1) is 6.43. The molecule has 0 saturated carbocycles. The summed E-state index contributed by atoms with van der Waals surface area (Å²) in [4.78, 5) is 11.4. The molecule has 0 rings (SSSR count). The maximum atomic E-state index is 11.4. The average molecular weight is 202 g/mol. The summed E-state index contributed by atoms with van der Waals surface area (Å²) in [6.07, 6.45) is 0.485. The first-order valence-electron chi connectivity index (χ1n) is 5.08. The number of hydrogen-bond acceptors (Lipinski definition) is 3. The number of nitrogens with two attached hydrogens (primary N) is 1. The number of carbonyl (C=O) groups excluding carboxylic acids is 1. The molecule has 0 aromatic rings. The maximum Gasteiger partial charge on any atom is 0.248 e. The van der Waals surface area contributed by atoms with Crippen molar-refractivity contribution in [1.29, 1.82) is 0 Å². The molecule has 0 aliphatic heterocycles. The Morgan fingerprint density at radius 3 is 2.57 bits per heavy atom. The van der Waals surface area contributed by atoms with Crippen molar-refractivity contribution in [1.82, 2.24) is 5.32 Å². The number of ether oxygens (including phenoxy) is 1. The van der Waals surface area contributed by atoms with Crippen LogP contribution >= 0.6 is 0 Å². The molecule has 0 aromatic heterocycles. The van der Waals surface area contributed by atoms with E-state index in [0.29, 0.717) is 13.1 Å². The molecule has 0 aliphatic carbocycles. The Labute approximate surface area is 86.2 Å². The van der Waals surface area contributed by atoms with E-state index in [0.717, 1.165) is 6.42 Å². The molecule has 0 fully saturated rings. The minimum absolute atomic E-state index is 0.0756. The van der Waals surface area contributed by atoms with Gasteiger partial charge in [-0.25, -0.2) is 0 Å². The van der Waals surface area contributed by atoms with E-state index in [4.69, 9.17) is 10.5 Å². The van der Waals surface area contributed by atoms with Gasteiger partial charge in [-0.05, 0) is 27.2 Å². The van der Waals surface area contributed by atoms with Gasteiger partial charge < -0.3 is 15.8 Å². The molecule has 0 heterocycles. The first kappa shape index (κ1) is 13.4. The van der Waals surface area contributed by atoms with Crippen molar-refractivity contribution >= 4 is 5.91 Å². The predicted octanol–water partition coefficient (Wildman–Crippen LogP) is 0.655. The van der Waals surface area contributed by atoms with Gasteiger partial charge in [-0.3, -0.25) is 4.79 Å². The summed E-state index contributed by atoms with van der Waals surface area (Å²) in [7, 11) is 0. The Kier molecular flexibility index (Phi) is 5.72. The zero-order chi connectivity index (χ0) is 11.2. The van der Waals surface area contributed by atoms with Crippen LogP contribution in [-0.2, 0) is 9.53 Å². The van der Waals surface area contributed by atoms with Crippen LogP contribution < -0.4 is 11.1 Å². The van der Waals surface area contributed by atoms with Crippen LogP contribution in [0.2, 0.25) is 0 Å². The topological polar surface area (TPSA) is 64.3 Å². The van der Waals surface area contributed by atoms with Gasteiger partial charge in [0, 0.05) is 13.1 Å². The highest BCUT2D eigenvalue weighted by atomic mass is 16.5. The zero-order valence-electron chi connectivity index (χ0n) is 9.59. The SMILES string of the molecule is CCCNC(=O)C(C)OC(C)(C)CN. The molecule has 1 unspecified atom stereocenters. The van der Waals surface area contributed by atoms with Crippen LogP contribution in [0.4, 0.5) is 0 Å². The molecular weight excluding hydrogens is 180 g/mol. The predicted molar refractivity (Wildman–Crippen MR) is 57.0 cm³/mol. The van der Waals surface area contributed by atoms with E-state index in [2.05, 4.69) is 5.32 Å². The van der Waals surface area contributed by atoms with E-state index in [1.165, 1.54) is 0 Å². The smallest absolute Gasteiger partial charge is 0.248 e. The average Bonchev–Trinajstić information content (AvgIpc) is 2.13. The fourth-order valence-corrected chi connectivity index (χ4v) is 0.972. The Balaban J connectivity index is 3.94. The number of carbonyl (C=O) groups is 1. The second kappa shape index (κ2) is 5.98. The summed E-state index contributed by atoms with van der Waals surface area (Å²) in [5.41, 5.74) is 5.06. The fourth-order valence-electron chi connectivity index (χ4n) is 0.972. The summed E-state index contributed by atoms with van der Waals surface area (Å²) >= 11 is 0. The Bertz CT molecular complexity index is 181. The van der Waals surface area contributed by atoms with Gasteiger partial charge >= 0.3 is 0 Å². The van der Waals surface area contributed by atoms with Gasteiger partial charge in [-0.1, -0.05) is 6.92 Å². The third kappa shape index (κ3) is 5.19. The Hall–Kier alpha value is -0.610. The van der Waals surface area contributed by atoms with Crippen LogP contribution in [0.25, 0.3) is 0 Å². The van der Waals surface area contributed by atoms with E-state index in [-0.39, 0.29) is 5.91 Å². The van der Waals surface area contributed by atoms with Gasteiger partial charge in [0.15, 0.2) is 0 Å². The van der Waals surface area contributed by atoms with E-state index >= 15 is 0 Å². The summed E-state index contributed by atoms with van der Waals surface area (Å²) in [5, 5.41) is 2.77. The standard InChI is InChI=1S/C10H22N2O2/c1-5-6-12-9(13)8(2)14-10(3,4)7-11/h8H,5-7,11H2,1-4H3,(H,12,13). The monoisotopic (exact) mass is 202 g/mol. The second-order valence-corrected chi connectivity index (χ2v) is 4.01. The van der Waals surface area contributed by atoms with Crippen LogP contribution in [0.15, 0.2) is 0 Å². The van der Waals surface area contributed by atoms with Gasteiger partial charge in [0.05, 0.1) is 5.60 Å². The molecular formula is C10H22N2O2. The van der Waals surface area contributed by atoms with Crippen molar-refractivity contribution in [2.45, 2.75) is 45.8 Å². The highest BCUT2D eigenvalue weighted by molar-refractivity contribution is 5.80. The molecule has 84 valence electrons. The Morgan fingerprint density at radius 1 is 1.57 bits per heavy atom. The molecule has 1 atom stereocenters. The number of amides is 1. The molecule has 0 spiro atoms. The van der Waals surface area contributed by atoms with E-state index in [1.54, 1.807) is 6.92 Å². The molecule has 0 aromatic carbocycles. The summed E-state index contributed by atoms with van der Waals surface area (Å²) in [5.74, 6) is -0.0756. The lowest BCUT2D eigenvalue weighted by molar-refractivity contribution is -0.141. The zero-order valence-corrected chi connectivity index (χ0v) is 9.59. The lowest BCUT2D eigenvalue weighted by Crippen LogP contribution is -2.43. The van der Waals surface area contributed by atoms with Gasteiger partial charge in [0.1, 0.15) is 6.10 Å². The lowest BCUT2D eigenvalue weighted by atomic mass is 10.1. The number of hydrogen-bond donors (Lipinski definition) is 2. The van der Waals surface area contributed by atoms with E-state index in [9.17, 15) is 4.79 Å². The quantitative estimate of drug-likeness (QED) is 0.665. The van der Waals surface area contributed by atoms with Crippen LogP contribution in [0.1, 0.15) is 34.1 Å². The third-order valence-electron chi connectivity index (χ3n) is 1.91. The Morgan fingerprint density at radius 2 is 2.14 bits per heavy atom. The normalized spacial score (nSPS) is 13.8. The maximum absolute atomic E-state index is 11.4.